The number of sulfonamides is 1. The zero-order chi connectivity index (χ0) is 16.6. The van der Waals surface area contributed by atoms with Crippen LogP contribution in [0.2, 0.25) is 0 Å². The molecule has 0 unspecified atom stereocenters. The summed E-state index contributed by atoms with van der Waals surface area (Å²) in [6.45, 7) is 4.62. The largest absolute Gasteiger partial charge is 0.447 e. The Bertz CT molecular complexity index is 656. The van der Waals surface area contributed by atoms with Gasteiger partial charge in [-0.05, 0) is 50.2 Å². The molecule has 2 saturated heterocycles. The topological polar surface area (TPSA) is 63.0 Å². The second kappa shape index (κ2) is 6.78. The van der Waals surface area contributed by atoms with Crippen molar-refractivity contribution in [1.29, 1.82) is 0 Å². The number of hydrogen-bond acceptors (Lipinski definition) is 5. The Hall–Kier alpha value is -0.890. The highest BCUT2D eigenvalue weighted by atomic mass is 32.2. The van der Waals surface area contributed by atoms with Crippen LogP contribution in [0, 0.1) is 5.92 Å². The first-order valence-electron chi connectivity index (χ1n) is 9.03. The van der Waals surface area contributed by atoms with Crippen LogP contribution in [-0.2, 0) is 21.3 Å². The van der Waals surface area contributed by atoms with E-state index in [1.165, 1.54) is 17.1 Å². The minimum atomic E-state index is -3.45. The number of furan rings is 1. The van der Waals surface area contributed by atoms with Crippen LogP contribution < -0.4 is 0 Å². The van der Waals surface area contributed by atoms with Crippen LogP contribution in [0.4, 0.5) is 0 Å². The fraction of sp³-hybridized carbons (Fsp3) is 0.765. The van der Waals surface area contributed by atoms with Crippen LogP contribution in [-0.4, -0.2) is 56.5 Å². The standard InChI is InChI=1S/C17H26N2O4S/c20-24(21,19-8-1-2-9-19)17-6-5-16(23-17)12-18(15-3-4-15)11-14-7-10-22-13-14/h5-6,14-15H,1-4,7-13H2/t14-/m1/s1. The molecule has 0 amide bonds. The van der Waals surface area contributed by atoms with E-state index < -0.39 is 10.0 Å². The molecule has 0 radical (unpaired) electrons. The summed E-state index contributed by atoms with van der Waals surface area (Å²) in [5, 5.41) is 0.0966. The summed E-state index contributed by atoms with van der Waals surface area (Å²) in [7, 11) is -3.45. The second-order valence-electron chi connectivity index (χ2n) is 7.22. The van der Waals surface area contributed by atoms with Crippen LogP contribution in [0.25, 0.3) is 0 Å². The molecule has 3 aliphatic rings. The minimum absolute atomic E-state index is 0.0966. The van der Waals surface area contributed by atoms with Crippen molar-refractivity contribution in [2.45, 2.75) is 49.8 Å². The smallest absolute Gasteiger partial charge is 0.276 e. The van der Waals surface area contributed by atoms with Gasteiger partial charge in [-0.15, -0.1) is 0 Å². The Morgan fingerprint density at radius 2 is 1.96 bits per heavy atom. The maximum Gasteiger partial charge on any atom is 0.276 e. The molecule has 1 aliphatic carbocycles. The molecule has 0 spiro atoms. The summed E-state index contributed by atoms with van der Waals surface area (Å²) in [5.74, 6) is 1.34. The second-order valence-corrected chi connectivity index (χ2v) is 9.09. The van der Waals surface area contributed by atoms with Crippen LogP contribution in [0.5, 0.6) is 0 Å². The summed E-state index contributed by atoms with van der Waals surface area (Å²) in [6, 6.07) is 4.06. The van der Waals surface area contributed by atoms with Crippen molar-refractivity contribution in [2.75, 3.05) is 32.8 Å². The average molecular weight is 354 g/mol. The van der Waals surface area contributed by atoms with Gasteiger partial charge in [0.15, 0.2) is 0 Å². The van der Waals surface area contributed by atoms with Crippen molar-refractivity contribution in [3.8, 4) is 0 Å². The molecule has 1 atom stereocenters. The molecule has 1 aromatic rings. The minimum Gasteiger partial charge on any atom is -0.447 e. The zero-order valence-electron chi connectivity index (χ0n) is 14.0. The van der Waals surface area contributed by atoms with Crippen LogP contribution in [0.15, 0.2) is 21.6 Å². The third-order valence-electron chi connectivity index (χ3n) is 5.24. The first-order valence-corrected chi connectivity index (χ1v) is 10.5. The van der Waals surface area contributed by atoms with Crippen molar-refractivity contribution in [1.82, 2.24) is 9.21 Å². The summed E-state index contributed by atoms with van der Waals surface area (Å²) < 4.78 is 37.9. The molecule has 24 heavy (non-hydrogen) atoms. The van der Waals surface area contributed by atoms with E-state index >= 15 is 0 Å². The van der Waals surface area contributed by atoms with Gasteiger partial charge in [-0.2, -0.15) is 4.31 Å². The third-order valence-corrected chi connectivity index (χ3v) is 7.01. The van der Waals surface area contributed by atoms with Crippen molar-refractivity contribution in [3.63, 3.8) is 0 Å². The van der Waals surface area contributed by atoms with Crippen molar-refractivity contribution in [3.05, 3.63) is 17.9 Å². The predicted molar refractivity (Wildman–Crippen MR) is 89.1 cm³/mol. The van der Waals surface area contributed by atoms with Gasteiger partial charge in [-0.25, -0.2) is 8.42 Å². The van der Waals surface area contributed by atoms with Gasteiger partial charge >= 0.3 is 0 Å². The molecule has 1 saturated carbocycles. The molecule has 0 bridgehead atoms. The van der Waals surface area contributed by atoms with Crippen LogP contribution in [0.1, 0.15) is 37.9 Å². The summed E-state index contributed by atoms with van der Waals surface area (Å²) in [6.07, 6.45) is 5.45. The van der Waals surface area contributed by atoms with Crippen LogP contribution >= 0.6 is 0 Å². The highest BCUT2D eigenvalue weighted by molar-refractivity contribution is 7.89. The van der Waals surface area contributed by atoms with E-state index in [-0.39, 0.29) is 5.09 Å². The lowest BCUT2D eigenvalue weighted by Crippen LogP contribution is -2.31. The zero-order valence-corrected chi connectivity index (χ0v) is 14.8. The van der Waals surface area contributed by atoms with Gasteiger partial charge in [-0.3, -0.25) is 4.90 Å². The Morgan fingerprint density at radius 3 is 2.62 bits per heavy atom. The third kappa shape index (κ3) is 3.54. The van der Waals surface area contributed by atoms with Crippen LogP contribution in [0.3, 0.4) is 0 Å². The lowest BCUT2D eigenvalue weighted by molar-refractivity contribution is 0.155. The lowest BCUT2D eigenvalue weighted by atomic mass is 10.1. The highest BCUT2D eigenvalue weighted by Crippen LogP contribution is 2.31. The molecule has 2 aliphatic heterocycles. The van der Waals surface area contributed by atoms with Gasteiger partial charge in [0, 0.05) is 32.3 Å². The van der Waals surface area contributed by atoms with E-state index in [2.05, 4.69) is 4.90 Å². The van der Waals surface area contributed by atoms with Crippen molar-refractivity contribution < 1.29 is 17.6 Å². The SMILES string of the molecule is O=S(=O)(c1ccc(CN(C[C@H]2CCOC2)C2CC2)o1)N1CCCC1. The average Bonchev–Trinajstić information content (AvgIpc) is 3.05. The molecular weight excluding hydrogens is 328 g/mol. The van der Waals surface area contributed by atoms with E-state index in [9.17, 15) is 8.42 Å². The molecular formula is C17H26N2O4S. The number of hydrogen-bond donors (Lipinski definition) is 0. The molecule has 3 heterocycles. The number of rotatable bonds is 7. The monoisotopic (exact) mass is 354 g/mol. The molecule has 6 nitrogen and oxygen atoms in total. The molecule has 134 valence electrons. The first kappa shape index (κ1) is 16.6. The maximum atomic E-state index is 12.6. The van der Waals surface area contributed by atoms with E-state index in [1.807, 2.05) is 6.07 Å². The van der Waals surface area contributed by atoms with E-state index in [4.69, 9.17) is 9.15 Å². The fourth-order valence-corrected chi connectivity index (χ4v) is 5.12. The summed E-state index contributed by atoms with van der Waals surface area (Å²) >= 11 is 0. The normalized spacial score (nSPS) is 25.8. The maximum absolute atomic E-state index is 12.6. The van der Waals surface area contributed by atoms with Gasteiger partial charge < -0.3 is 9.15 Å². The van der Waals surface area contributed by atoms with Gasteiger partial charge in [0.2, 0.25) is 5.09 Å². The van der Waals surface area contributed by atoms with E-state index in [0.29, 0.717) is 31.6 Å². The Kier molecular flexibility index (Phi) is 4.68. The van der Waals surface area contributed by atoms with Crippen molar-refractivity contribution >= 4 is 10.0 Å². The first-order chi connectivity index (χ1) is 11.6. The Labute approximate surface area is 143 Å². The molecule has 7 heteroatoms. The summed E-state index contributed by atoms with van der Waals surface area (Å²) in [4.78, 5) is 2.43. The van der Waals surface area contributed by atoms with Gasteiger partial charge in [0.1, 0.15) is 5.76 Å². The Morgan fingerprint density at radius 1 is 1.17 bits per heavy atom. The van der Waals surface area contributed by atoms with Crippen molar-refractivity contribution in [2.24, 2.45) is 5.92 Å². The van der Waals surface area contributed by atoms with E-state index in [1.54, 1.807) is 6.07 Å². The Balaban J connectivity index is 1.43. The number of ether oxygens (including phenoxy) is 1. The summed E-state index contributed by atoms with van der Waals surface area (Å²) in [5.41, 5.74) is 0. The van der Waals surface area contributed by atoms with Gasteiger partial charge in [0.25, 0.3) is 10.0 Å². The quantitative estimate of drug-likeness (QED) is 0.750. The van der Waals surface area contributed by atoms with Gasteiger partial charge in [0.05, 0.1) is 13.2 Å². The molecule has 3 fully saturated rings. The number of nitrogens with zero attached hydrogens (tertiary/aromatic N) is 2. The molecule has 1 aromatic heterocycles. The highest BCUT2D eigenvalue weighted by Gasteiger charge is 2.33. The molecule has 0 N–H and O–H groups in total. The fourth-order valence-electron chi connectivity index (χ4n) is 3.68. The predicted octanol–water partition coefficient (Wildman–Crippen LogP) is 2.07. The molecule has 0 aromatic carbocycles. The lowest BCUT2D eigenvalue weighted by Gasteiger charge is -2.23. The molecule has 4 rings (SSSR count). The van der Waals surface area contributed by atoms with Gasteiger partial charge in [-0.1, -0.05) is 0 Å². The van der Waals surface area contributed by atoms with E-state index in [0.717, 1.165) is 44.8 Å².